The van der Waals surface area contributed by atoms with Crippen molar-refractivity contribution in [1.29, 1.82) is 5.26 Å². The van der Waals surface area contributed by atoms with Gasteiger partial charge < -0.3 is 13.7 Å². The molecule has 4 heteroatoms. The first kappa shape index (κ1) is 25.7. The third-order valence-corrected chi connectivity index (χ3v) is 9.67. The van der Waals surface area contributed by atoms with Gasteiger partial charge in [-0.2, -0.15) is 5.26 Å². The number of nitrogens with zero attached hydrogens (tertiary/aromatic N) is 4. The van der Waals surface area contributed by atoms with Gasteiger partial charge in [-0.15, -0.1) is 0 Å². The summed E-state index contributed by atoms with van der Waals surface area (Å²) >= 11 is 0. The van der Waals surface area contributed by atoms with E-state index in [2.05, 4.69) is 177 Å². The van der Waals surface area contributed by atoms with Gasteiger partial charge in [0, 0.05) is 32.3 Å². The average Bonchev–Trinajstić information content (AvgIpc) is 3.77. The molecule has 0 aliphatic rings. The van der Waals surface area contributed by atoms with Crippen molar-refractivity contribution in [3.63, 3.8) is 0 Å². The van der Waals surface area contributed by atoms with Crippen molar-refractivity contribution < 1.29 is 0 Å². The highest BCUT2D eigenvalue weighted by molar-refractivity contribution is 6.12. The van der Waals surface area contributed by atoms with E-state index in [1.54, 1.807) is 0 Å². The maximum Gasteiger partial charge on any atom is 0.104 e. The second kappa shape index (κ2) is 9.71. The average molecular weight is 599 g/mol. The smallest absolute Gasteiger partial charge is 0.104 e. The Bertz CT molecular complexity index is 2630. The molecule has 10 aromatic rings. The van der Waals surface area contributed by atoms with Crippen LogP contribution in [0.4, 0.5) is 0 Å². The molecule has 0 atom stereocenters. The van der Waals surface area contributed by atoms with Crippen LogP contribution in [0.25, 0.3) is 82.5 Å². The molecule has 0 aliphatic heterocycles. The number of hydrogen-bond donors (Lipinski definition) is 0. The van der Waals surface area contributed by atoms with Crippen molar-refractivity contribution >= 4 is 65.4 Å². The van der Waals surface area contributed by atoms with Crippen molar-refractivity contribution in [1.82, 2.24) is 13.7 Å². The molecule has 10 rings (SSSR count). The fourth-order valence-corrected chi connectivity index (χ4v) is 7.76. The lowest BCUT2D eigenvalue weighted by molar-refractivity contribution is 1.08. The first-order valence-corrected chi connectivity index (χ1v) is 15.9. The molecule has 3 heterocycles. The molecular formula is C43H26N4. The quantitative estimate of drug-likeness (QED) is 0.199. The molecule has 4 nitrogen and oxygen atoms in total. The number of rotatable bonds is 3. The van der Waals surface area contributed by atoms with Gasteiger partial charge in [0.05, 0.1) is 50.2 Å². The Morgan fingerprint density at radius 1 is 0.340 bits per heavy atom. The number of benzene rings is 7. The monoisotopic (exact) mass is 598 g/mol. The van der Waals surface area contributed by atoms with Crippen molar-refractivity contribution in [3.05, 3.63) is 163 Å². The van der Waals surface area contributed by atoms with Gasteiger partial charge >= 0.3 is 0 Å². The van der Waals surface area contributed by atoms with Crippen LogP contribution in [-0.2, 0) is 0 Å². The minimum atomic E-state index is 0.618. The van der Waals surface area contributed by atoms with Crippen LogP contribution in [0.1, 0.15) is 5.56 Å². The van der Waals surface area contributed by atoms with Gasteiger partial charge in [-0.3, -0.25) is 0 Å². The number of para-hydroxylation sites is 6. The lowest BCUT2D eigenvalue weighted by Crippen LogP contribution is -2.07. The van der Waals surface area contributed by atoms with E-state index in [-0.39, 0.29) is 0 Å². The normalized spacial score (nSPS) is 11.8. The second-order valence-corrected chi connectivity index (χ2v) is 12.1. The Morgan fingerprint density at radius 3 is 0.872 bits per heavy atom. The number of hydrogen-bond acceptors (Lipinski definition) is 1. The standard InChI is InChI=1S/C43H26N4/c44-27-35-42(46-38-21-9-3-15-31(38)32-16-4-10-22-39(32)46)25-28(45-36-19-7-1-13-29(36)30-14-2-8-20-37(30)45)26-43(35)47-40-23-11-5-17-33(40)34-18-6-12-24-41(34)47/h1-26H. The molecule has 0 saturated carbocycles. The van der Waals surface area contributed by atoms with Gasteiger partial charge in [-0.05, 0) is 48.5 Å². The van der Waals surface area contributed by atoms with Gasteiger partial charge in [-0.1, -0.05) is 109 Å². The van der Waals surface area contributed by atoms with E-state index in [0.717, 1.165) is 71.7 Å². The zero-order valence-electron chi connectivity index (χ0n) is 25.3. The summed E-state index contributed by atoms with van der Waals surface area (Å²) < 4.78 is 6.90. The van der Waals surface area contributed by atoms with E-state index in [4.69, 9.17) is 0 Å². The van der Waals surface area contributed by atoms with Gasteiger partial charge in [0.15, 0.2) is 0 Å². The fraction of sp³-hybridized carbons (Fsp3) is 0. The molecule has 0 saturated heterocycles. The molecule has 0 unspecified atom stereocenters. The summed E-state index contributed by atoms with van der Waals surface area (Å²) in [5.74, 6) is 0. The molecule has 0 bridgehead atoms. The zero-order valence-corrected chi connectivity index (χ0v) is 25.3. The first-order chi connectivity index (χ1) is 23.3. The summed E-state index contributed by atoms with van der Waals surface area (Å²) in [6, 6.07) is 58.2. The van der Waals surface area contributed by atoms with E-state index in [1.807, 2.05) is 0 Å². The van der Waals surface area contributed by atoms with Crippen LogP contribution in [0, 0.1) is 11.3 Å². The molecule has 0 amide bonds. The summed E-state index contributed by atoms with van der Waals surface area (Å²) in [4.78, 5) is 0. The molecule has 3 aromatic heterocycles. The molecule has 0 N–H and O–H groups in total. The molecule has 0 spiro atoms. The van der Waals surface area contributed by atoms with E-state index in [0.29, 0.717) is 5.56 Å². The van der Waals surface area contributed by atoms with Gasteiger partial charge in [-0.25, -0.2) is 0 Å². The van der Waals surface area contributed by atoms with Crippen molar-refractivity contribution in [3.8, 4) is 23.1 Å². The zero-order chi connectivity index (χ0) is 31.1. The van der Waals surface area contributed by atoms with Crippen LogP contribution < -0.4 is 0 Å². The van der Waals surface area contributed by atoms with E-state index < -0.39 is 0 Å². The van der Waals surface area contributed by atoms with Gasteiger partial charge in [0.1, 0.15) is 11.6 Å². The summed E-state index contributed by atoms with van der Waals surface area (Å²) in [5.41, 5.74) is 9.83. The van der Waals surface area contributed by atoms with Crippen LogP contribution in [-0.4, -0.2) is 13.7 Å². The molecule has 0 fully saturated rings. The van der Waals surface area contributed by atoms with Crippen LogP contribution in [0.2, 0.25) is 0 Å². The third kappa shape index (κ3) is 3.51. The Kier molecular flexibility index (Phi) is 5.32. The molecule has 7 aromatic carbocycles. The third-order valence-electron chi connectivity index (χ3n) is 9.67. The first-order valence-electron chi connectivity index (χ1n) is 15.9. The van der Waals surface area contributed by atoms with Crippen molar-refractivity contribution in [2.75, 3.05) is 0 Å². The van der Waals surface area contributed by atoms with Crippen LogP contribution in [0.5, 0.6) is 0 Å². The lowest BCUT2D eigenvalue weighted by atomic mass is 10.1. The highest BCUT2D eigenvalue weighted by atomic mass is 15.0. The van der Waals surface area contributed by atoms with Crippen LogP contribution in [0.15, 0.2) is 158 Å². The second-order valence-electron chi connectivity index (χ2n) is 12.1. The number of nitriles is 1. The predicted octanol–water partition coefficient (Wildman–Crippen LogP) is 10.8. The number of fused-ring (bicyclic) bond motifs is 9. The number of aromatic nitrogens is 3. The Balaban J connectivity index is 1.43. The summed E-state index contributed by atoms with van der Waals surface area (Å²) in [5, 5.41) is 18.2. The van der Waals surface area contributed by atoms with Crippen molar-refractivity contribution in [2.45, 2.75) is 0 Å². The minimum absolute atomic E-state index is 0.618. The Labute approximate surface area is 270 Å². The molecular weight excluding hydrogens is 573 g/mol. The minimum Gasteiger partial charge on any atom is -0.309 e. The SMILES string of the molecule is N#Cc1c(-n2c3ccccc3c3ccccc32)cc(-n2c3ccccc3c3ccccc32)cc1-n1c2ccccc2c2ccccc21. The van der Waals surface area contributed by atoms with Crippen molar-refractivity contribution in [2.24, 2.45) is 0 Å². The summed E-state index contributed by atoms with van der Waals surface area (Å²) in [7, 11) is 0. The Hall–Kier alpha value is -6.57. The highest BCUT2D eigenvalue weighted by Crippen LogP contribution is 2.40. The molecule has 47 heavy (non-hydrogen) atoms. The lowest BCUT2D eigenvalue weighted by Gasteiger charge is -2.19. The molecule has 218 valence electrons. The van der Waals surface area contributed by atoms with Gasteiger partial charge in [0.2, 0.25) is 0 Å². The van der Waals surface area contributed by atoms with E-state index in [1.165, 1.54) is 10.8 Å². The fourth-order valence-electron chi connectivity index (χ4n) is 7.76. The summed E-state index contributed by atoms with van der Waals surface area (Å²) in [6.45, 7) is 0. The topological polar surface area (TPSA) is 38.6 Å². The van der Waals surface area contributed by atoms with E-state index >= 15 is 0 Å². The largest absolute Gasteiger partial charge is 0.309 e. The molecule has 0 radical (unpaired) electrons. The van der Waals surface area contributed by atoms with Crippen LogP contribution >= 0.6 is 0 Å². The molecule has 0 aliphatic carbocycles. The van der Waals surface area contributed by atoms with Gasteiger partial charge in [0.25, 0.3) is 0 Å². The Morgan fingerprint density at radius 2 is 0.596 bits per heavy atom. The van der Waals surface area contributed by atoms with E-state index in [9.17, 15) is 5.26 Å². The summed E-state index contributed by atoms with van der Waals surface area (Å²) in [6.07, 6.45) is 0. The predicted molar refractivity (Wildman–Crippen MR) is 194 cm³/mol. The van der Waals surface area contributed by atoms with Crippen LogP contribution in [0.3, 0.4) is 0 Å². The maximum atomic E-state index is 11.2. The maximum absolute atomic E-state index is 11.2. The highest BCUT2D eigenvalue weighted by Gasteiger charge is 2.23.